The highest BCUT2D eigenvalue weighted by Crippen LogP contribution is 2.67. The fourth-order valence-corrected chi connectivity index (χ4v) is 9.94. The van der Waals surface area contributed by atoms with Crippen LogP contribution in [-0.4, -0.2) is 12.1 Å². The van der Waals surface area contributed by atoms with Crippen LogP contribution in [-0.2, 0) is 0 Å². The van der Waals surface area contributed by atoms with E-state index in [4.69, 9.17) is 27.7 Å². The molecule has 0 amide bonds. The van der Waals surface area contributed by atoms with Crippen LogP contribution >= 0.6 is 0 Å². The van der Waals surface area contributed by atoms with Crippen molar-refractivity contribution in [2.24, 2.45) is 63.7 Å². The predicted octanol–water partition coefficient (Wildman–Crippen LogP) is 10.9. The summed E-state index contributed by atoms with van der Waals surface area (Å²) in [6.07, 6.45) is 22.4. The minimum Gasteiger partial charge on any atom is -0.488 e. The molecule has 0 radical (unpaired) electrons. The zero-order valence-corrected chi connectivity index (χ0v) is 32.7. The van der Waals surface area contributed by atoms with E-state index in [-0.39, 0.29) is 12.1 Å². The van der Waals surface area contributed by atoms with Gasteiger partial charge in [0.25, 0.3) is 0 Å². The molecule has 0 bridgehead atoms. The second-order valence-corrected chi connectivity index (χ2v) is 15.9. The van der Waals surface area contributed by atoms with Gasteiger partial charge in [0, 0.05) is 17.4 Å². The summed E-state index contributed by atoms with van der Waals surface area (Å²) >= 11 is 0. The van der Waals surface area contributed by atoms with Crippen LogP contribution in [0, 0.1) is 52.3 Å². The lowest BCUT2D eigenvalue weighted by atomic mass is 9.46. The van der Waals surface area contributed by atoms with Crippen LogP contribution in [0.5, 0.6) is 5.75 Å². The van der Waals surface area contributed by atoms with Gasteiger partial charge in [0.15, 0.2) is 0 Å². The molecular formula is C43H76N4O. The second kappa shape index (κ2) is 19.1. The fraction of sp³-hybridized carbons (Fsp3) is 0.721. The number of benzene rings is 1. The second-order valence-electron chi connectivity index (χ2n) is 15.9. The molecule has 1 aromatic rings. The van der Waals surface area contributed by atoms with Crippen LogP contribution in [0.2, 0.25) is 0 Å². The molecule has 0 saturated heterocycles. The van der Waals surface area contributed by atoms with Gasteiger partial charge in [-0.1, -0.05) is 100 Å². The molecule has 3 saturated carbocycles. The van der Waals surface area contributed by atoms with Gasteiger partial charge in [0.1, 0.15) is 5.75 Å². The topological polar surface area (TPSA) is 113 Å². The van der Waals surface area contributed by atoms with Gasteiger partial charge < -0.3 is 27.7 Å². The van der Waals surface area contributed by atoms with Crippen LogP contribution in [0.25, 0.3) is 0 Å². The summed E-state index contributed by atoms with van der Waals surface area (Å²) in [5.41, 5.74) is 25.7. The lowest BCUT2D eigenvalue weighted by molar-refractivity contribution is -0.0782. The average Bonchev–Trinajstić information content (AvgIpc) is 3.41. The lowest BCUT2D eigenvalue weighted by Crippen LogP contribution is -2.52. The third-order valence-corrected chi connectivity index (χ3v) is 12.3. The standard InChI is InChI=1S/C33H52N2O.C6H12N2.2C2H6/c1-21(2)7-6-8-22(3)27-12-13-28-26-11-9-23-19-25(36-31-14-10-24(34)20-30(31)35)15-17-32(23,4)29(26)16-18-33(27,28)5;1-3-6(8)4-5(2)7;2*1-2/h9-11,14,20-23,25-29H,6-8,12-13,15-19,34-35H2,1-5H3;3-5H,1,7-8H2,2H3;2*1-2H3/b;6-4+;;. The summed E-state index contributed by atoms with van der Waals surface area (Å²) in [5.74, 6) is 6.54. The molecule has 3 fully saturated rings. The van der Waals surface area contributed by atoms with E-state index < -0.39 is 0 Å². The summed E-state index contributed by atoms with van der Waals surface area (Å²) in [6, 6.07) is 5.66. The first kappa shape index (κ1) is 41.8. The molecule has 10 unspecified atom stereocenters. The predicted molar refractivity (Wildman–Crippen MR) is 211 cm³/mol. The van der Waals surface area contributed by atoms with Crippen molar-refractivity contribution in [2.45, 2.75) is 146 Å². The molecule has 48 heavy (non-hydrogen) atoms. The van der Waals surface area contributed by atoms with Gasteiger partial charge in [-0.3, -0.25) is 0 Å². The Morgan fingerprint density at radius 3 is 2.15 bits per heavy atom. The number of nitrogens with two attached hydrogens (primary N) is 4. The number of rotatable bonds is 9. The van der Waals surface area contributed by atoms with Crippen LogP contribution in [0.1, 0.15) is 133 Å². The van der Waals surface area contributed by atoms with E-state index in [0.717, 1.165) is 54.1 Å². The van der Waals surface area contributed by atoms with Crippen molar-refractivity contribution < 1.29 is 4.74 Å². The van der Waals surface area contributed by atoms with Crippen LogP contribution in [0.15, 0.2) is 54.8 Å². The SMILES string of the molecule is C=C/C(N)=C\C(C)N.CC.CC.CC(C)CCCC(C)C1CCC2C3C=CC4CC(Oc5ccc(N)cc5N)CCC4(C)C3CCC12C. The Hall–Kier alpha value is -2.40. The molecule has 1 aromatic carbocycles. The smallest absolute Gasteiger partial charge is 0.142 e. The zero-order chi connectivity index (χ0) is 36.2. The van der Waals surface area contributed by atoms with Crippen LogP contribution in [0.3, 0.4) is 0 Å². The molecule has 4 aliphatic carbocycles. The molecule has 0 aliphatic heterocycles. The van der Waals surface area contributed by atoms with Crippen molar-refractivity contribution in [1.29, 1.82) is 0 Å². The highest BCUT2D eigenvalue weighted by Gasteiger charge is 2.59. The first-order valence-electron chi connectivity index (χ1n) is 19.6. The van der Waals surface area contributed by atoms with Crippen molar-refractivity contribution in [1.82, 2.24) is 0 Å². The Balaban J connectivity index is 0.000000580. The van der Waals surface area contributed by atoms with Crippen molar-refractivity contribution in [3.05, 3.63) is 54.8 Å². The monoisotopic (exact) mass is 665 g/mol. The summed E-state index contributed by atoms with van der Waals surface area (Å²) in [7, 11) is 0. The molecule has 0 aromatic heterocycles. The molecule has 5 heteroatoms. The Bertz CT molecular complexity index is 1170. The Morgan fingerprint density at radius 1 is 0.917 bits per heavy atom. The quantitative estimate of drug-likeness (QED) is 0.119. The largest absolute Gasteiger partial charge is 0.488 e. The number of nitrogen functional groups attached to an aromatic ring is 2. The number of anilines is 2. The van der Waals surface area contributed by atoms with Crippen LogP contribution in [0.4, 0.5) is 11.4 Å². The van der Waals surface area contributed by atoms with Gasteiger partial charge in [-0.05, 0) is 134 Å². The van der Waals surface area contributed by atoms with E-state index in [1.165, 1.54) is 51.4 Å². The number of hydrogen-bond donors (Lipinski definition) is 4. The molecule has 274 valence electrons. The van der Waals surface area contributed by atoms with E-state index in [0.29, 0.717) is 33.8 Å². The van der Waals surface area contributed by atoms with E-state index in [2.05, 4.69) is 53.3 Å². The fourth-order valence-electron chi connectivity index (χ4n) is 9.94. The highest BCUT2D eigenvalue weighted by molar-refractivity contribution is 5.60. The van der Waals surface area contributed by atoms with Gasteiger partial charge in [-0.2, -0.15) is 0 Å². The number of hydrogen-bond acceptors (Lipinski definition) is 5. The molecule has 4 aliphatic rings. The van der Waals surface area contributed by atoms with Gasteiger partial charge >= 0.3 is 0 Å². The zero-order valence-electron chi connectivity index (χ0n) is 32.7. The summed E-state index contributed by atoms with van der Waals surface area (Å²) in [5, 5.41) is 0. The van der Waals surface area contributed by atoms with Gasteiger partial charge in [0.05, 0.1) is 11.8 Å². The van der Waals surface area contributed by atoms with Crippen molar-refractivity contribution in [2.75, 3.05) is 11.5 Å². The van der Waals surface area contributed by atoms with Crippen molar-refractivity contribution in [3.8, 4) is 5.75 Å². The van der Waals surface area contributed by atoms with Gasteiger partial charge in [0.2, 0.25) is 0 Å². The maximum Gasteiger partial charge on any atom is 0.142 e. The third-order valence-electron chi connectivity index (χ3n) is 12.3. The molecule has 10 atom stereocenters. The van der Waals surface area contributed by atoms with E-state index in [1.54, 1.807) is 12.2 Å². The van der Waals surface area contributed by atoms with E-state index in [1.807, 2.05) is 52.8 Å². The van der Waals surface area contributed by atoms with Crippen molar-refractivity contribution in [3.63, 3.8) is 0 Å². The molecule has 0 heterocycles. The maximum atomic E-state index is 6.43. The first-order chi connectivity index (χ1) is 22.8. The normalized spacial score (nSPS) is 33.1. The molecule has 0 spiro atoms. The minimum absolute atomic E-state index is 0.0213. The Labute approximate surface area is 296 Å². The average molecular weight is 665 g/mol. The van der Waals surface area contributed by atoms with E-state index >= 15 is 0 Å². The van der Waals surface area contributed by atoms with Crippen molar-refractivity contribution >= 4 is 11.4 Å². The maximum absolute atomic E-state index is 6.43. The van der Waals surface area contributed by atoms with E-state index in [9.17, 15) is 0 Å². The molecule has 8 N–H and O–H groups in total. The molecule has 5 rings (SSSR count). The van der Waals surface area contributed by atoms with Gasteiger partial charge in [-0.25, -0.2) is 0 Å². The minimum atomic E-state index is 0.0213. The highest BCUT2D eigenvalue weighted by atomic mass is 16.5. The van der Waals surface area contributed by atoms with Gasteiger partial charge in [-0.15, -0.1) is 0 Å². The van der Waals surface area contributed by atoms with Crippen LogP contribution < -0.4 is 27.7 Å². The number of allylic oxidation sites excluding steroid dienone is 3. The molecule has 5 nitrogen and oxygen atoms in total. The lowest BCUT2D eigenvalue weighted by Gasteiger charge is -2.59. The number of fused-ring (bicyclic) bond motifs is 5. The Morgan fingerprint density at radius 2 is 1.56 bits per heavy atom. The first-order valence-corrected chi connectivity index (χ1v) is 19.6. The number of ether oxygens (including phenoxy) is 1. The molecular weight excluding hydrogens is 589 g/mol. The summed E-state index contributed by atoms with van der Waals surface area (Å²) < 4.78 is 6.43. The third kappa shape index (κ3) is 10.1. The summed E-state index contributed by atoms with van der Waals surface area (Å²) in [6.45, 7) is 26.0. The Kier molecular flexibility index (Phi) is 16.6. The summed E-state index contributed by atoms with van der Waals surface area (Å²) in [4.78, 5) is 0.